The van der Waals surface area contributed by atoms with Gasteiger partial charge in [0.2, 0.25) is 0 Å². The second-order valence-electron chi connectivity index (χ2n) is 12.6. The van der Waals surface area contributed by atoms with E-state index in [2.05, 4.69) is 90.2 Å². The molecule has 1 saturated heterocycles. The van der Waals surface area contributed by atoms with Gasteiger partial charge in [0.1, 0.15) is 17.8 Å². The van der Waals surface area contributed by atoms with Gasteiger partial charge in [-0.25, -0.2) is 0 Å². The maximum absolute atomic E-state index is 13.3. The Labute approximate surface area is 277 Å². The molecule has 4 heteroatoms. The summed E-state index contributed by atoms with van der Waals surface area (Å²) in [6.45, 7) is 3.87. The van der Waals surface area contributed by atoms with Crippen molar-refractivity contribution in [2.75, 3.05) is 5.32 Å². The number of para-hydroxylation sites is 1. The lowest BCUT2D eigenvalue weighted by Gasteiger charge is -2.46. The normalized spacial score (nSPS) is 17.7. The fraction of sp³-hybridized carbons (Fsp3) is 0.163. The van der Waals surface area contributed by atoms with Gasteiger partial charge in [-0.3, -0.25) is 0 Å². The van der Waals surface area contributed by atoms with Gasteiger partial charge >= 0.3 is 0 Å². The van der Waals surface area contributed by atoms with Crippen LogP contribution >= 0.6 is 0 Å². The minimum Gasteiger partial charge on any atom is -0.378 e. The summed E-state index contributed by atoms with van der Waals surface area (Å²) in [6.07, 6.45) is -1.48. The fourth-order valence-electron chi connectivity index (χ4n) is 7.16. The summed E-state index contributed by atoms with van der Waals surface area (Å²) < 4.78 is 14.0. The van der Waals surface area contributed by atoms with Gasteiger partial charge < -0.3 is 19.9 Å². The third-order valence-corrected chi connectivity index (χ3v) is 9.22. The summed E-state index contributed by atoms with van der Waals surface area (Å²) >= 11 is 0. The molecule has 234 valence electrons. The fourth-order valence-corrected chi connectivity index (χ4v) is 7.16. The van der Waals surface area contributed by atoms with Crippen LogP contribution in [-0.4, -0.2) is 23.1 Å². The Morgan fingerprint density at radius 3 is 1.23 bits per heavy atom. The summed E-state index contributed by atoms with van der Waals surface area (Å²) in [6, 6.07) is 59.3. The van der Waals surface area contributed by atoms with E-state index in [0.29, 0.717) is 0 Å². The maximum atomic E-state index is 13.3. The molecule has 0 bridgehead atoms. The standard InChI is InChI=1S/C43H39NO3/c1-41(2)46-39(40(47-41)43(45,35-22-12-5-13-23-35)36-24-14-6-15-25-36)42(32-18-8-3-9-19-32,33-20-10-4-11-21-33)34-28-30-38(31-29-34)44-37-26-16-7-17-27-37/h3-31,39-40,44-45H,1-2H3/t39-,40-/m1/s1. The molecule has 6 aromatic rings. The van der Waals surface area contributed by atoms with Gasteiger partial charge in [-0.2, -0.15) is 0 Å². The first kappa shape index (κ1) is 30.6. The molecular formula is C43H39NO3. The van der Waals surface area contributed by atoms with Crippen molar-refractivity contribution in [1.82, 2.24) is 0 Å². The second kappa shape index (κ2) is 12.7. The van der Waals surface area contributed by atoms with Gasteiger partial charge in [0.25, 0.3) is 0 Å². The Morgan fingerprint density at radius 2 is 0.787 bits per heavy atom. The average Bonchev–Trinajstić information content (AvgIpc) is 3.46. The molecule has 0 amide bonds. The summed E-state index contributed by atoms with van der Waals surface area (Å²) in [5, 5.41) is 16.8. The van der Waals surface area contributed by atoms with Gasteiger partial charge in [-0.1, -0.05) is 152 Å². The molecule has 1 aliphatic rings. The molecule has 0 spiro atoms. The van der Waals surface area contributed by atoms with Gasteiger partial charge in [-0.05, 0) is 65.9 Å². The third kappa shape index (κ3) is 5.66. The van der Waals surface area contributed by atoms with Crippen LogP contribution < -0.4 is 5.32 Å². The Bertz CT molecular complexity index is 1800. The van der Waals surface area contributed by atoms with E-state index in [-0.39, 0.29) is 0 Å². The maximum Gasteiger partial charge on any atom is 0.164 e. The lowest BCUT2D eigenvalue weighted by Crippen LogP contribution is -2.55. The topological polar surface area (TPSA) is 50.7 Å². The van der Waals surface area contributed by atoms with Crippen LogP contribution in [0, 0.1) is 0 Å². The summed E-state index contributed by atoms with van der Waals surface area (Å²) in [5.74, 6) is -1.00. The number of rotatable bonds is 9. The monoisotopic (exact) mass is 617 g/mol. The molecule has 0 aromatic heterocycles. The van der Waals surface area contributed by atoms with Crippen LogP contribution in [0.15, 0.2) is 176 Å². The second-order valence-corrected chi connectivity index (χ2v) is 12.6. The number of anilines is 2. The van der Waals surface area contributed by atoms with Crippen molar-refractivity contribution in [3.8, 4) is 0 Å². The van der Waals surface area contributed by atoms with Crippen molar-refractivity contribution in [1.29, 1.82) is 0 Å². The van der Waals surface area contributed by atoms with E-state index in [4.69, 9.17) is 9.47 Å². The zero-order valence-electron chi connectivity index (χ0n) is 26.7. The number of aliphatic hydroxyl groups is 1. The van der Waals surface area contributed by atoms with Crippen LogP contribution in [-0.2, 0) is 20.5 Å². The smallest absolute Gasteiger partial charge is 0.164 e. The summed E-state index contributed by atoms with van der Waals surface area (Å²) in [5.41, 5.74) is 4.12. The van der Waals surface area contributed by atoms with E-state index in [0.717, 1.165) is 39.2 Å². The van der Waals surface area contributed by atoms with E-state index in [1.807, 2.05) is 105 Å². The predicted octanol–water partition coefficient (Wildman–Crippen LogP) is 9.22. The Morgan fingerprint density at radius 1 is 0.447 bits per heavy atom. The van der Waals surface area contributed by atoms with Crippen LogP contribution in [0.3, 0.4) is 0 Å². The number of nitrogens with one attached hydrogen (secondary N) is 1. The zero-order valence-corrected chi connectivity index (χ0v) is 26.7. The number of hydrogen-bond acceptors (Lipinski definition) is 4. The molecule has 6 aromatic carbocycles. The minimum atomic E-state index is -1.55. The van der Waals surface area contributed by atoms with E-state index in [1.165, 1.54) is 0 Å². The van der Waals surface area contributed by atoms with Crippen LogP contribution in [0.1, 0.15) is 41.7 Å². The third-order valence-electron chi connectivity index (χ3n) is 9.22. The largest absolute Gasteiger partial charge is 0.378 e. The lowest BCUT2D eigenvalue weighted by atomic mass is 9.62. The molecule has 0 radical (unpaired) electrons. The highest BCUT2D eigenvalue weighted by Gasteiger charge is 2.62. The number of ether oxygens (including phenoxy) is 2. The van der Waals surface area contributed by atoms with Gasteiger partial charge in [-0.15, -0.1) is 0 Å². The predicted molar refractivity (Wildman–Crippen MR) is 189 cm³/mol. The molecule has 1 heterocycles. The minimum absolute atomic E-state index is 0.666. The first-order valence-electron chi connectivity index (χ1n) is 16.1. The van der Waals surface area contributed by atoms with Gasteiger partial charge in [0, 0.05) is 11.4 Å². The highest BCUT2D eigenvalue weighted by molar-refractivity contribution is 5.62. The van der Waals surface area contributed by atoms with Crippen molar-refractivity contribution in [3.63, 3.8) is 0 Å². The molecule has 0 aliphatic carbocycles. The van der Waals surface area contributed by atoms with E-state index >= 15 is 0 Å². The Balaban J connectivity index is 1.49. The summed E-state index contributed by atoms with van der Waals surface area (Å²) in [4.78, 5) is 0. The van der Waals surface area contributed by atoms with Crippen molar-refractivity contribution in [3.05, 3.63) is 204 Å². The summed E-state index contributed by atoms with van der Waals surface area (Å²) in [7, 11) is 0. The van der Waals surface area contributed by atoms with Crippen molar-refractivity contribution >= 4 is 11.4 Å². The van der Waals surface area contributed by atoms with Crippen molar-refractivity contribution in [2.45, 2.75) is 42.9 Å². The molecular weight excluding hydrogens is 578 g/mol. The highest BCUT2D eigenvalue weighted by Crippen LogP contribution is 2.54. The number of benzene rings is 6. The molecule has 1 aliphatic heterocycles. The van der Waals surface area contributed by atoms with Gasteiger partial charge in [0.05, 0.1) is 5.41 Å². The lowest BCUT2D eigenvalue weighted by molar-refractivity contribution is -0.166. The molecule has 0 saturated carbocycles. The Kier molecular flexibility index (Phi) is 8.25. The average molecular weight is 618 g/mol. The molecule has 2 atom stereocenters. The van der Waals surface area contributed by atoms with E-state index in [9.17, 15) is 5.11 Å². The molecule has 1 fully saturated rings. The van der Waals surface area contributed by atoms with Crippen molar-refractivity contribution in [2.24, 2.45) is 0 Å². The van der Waals surface area contributed by atoms with Gasteiger partial charge in [0.15, 0.2) is 5.79 Å². The van der Waals surface area contributed by atoms with Crippen molar-refractivity contribution < 1.29 is 14.6 Å². The first-order chi connectivity index (χ1) is 22.9. The van der Waals surface area contributed by atoms with E-state index in [1.54, 1.807) is 0 Å². The molecule has 2 N–H and O–H groups in total. The zero-order chi connectivity index (χ0) is 32.3. The van der Waals surface area contributed by atoms with Crippen LogP contribution in [0.4, 0.5) is 11.4 Å². The quantitative estimate of drug-likeness (QED) is 0.159. The van der Waals surface area contributed by atoms with E-state index < -0.39 is 29.0 Å². The molecule has 4 nitrogen and oxygen atoms in total. The van der Waals surface area contributed by atoms with Crippen LogP contribution in [0.25, 0.3) is 0 Å². The molecule has 7 rings (SSSR count). The molecule has 47 heavy (non-hydrogen) atoms. The SMILES string of the molecule is CC1(C)O[C@@H](C(O)(c2ccccc2)c2ccccc2)[C@H](C(c2ccccc2)(c2ccccc2)c2ccc(Nc3ccccc3)cc2)O1. The van der Waals surface area contributed by atoms with Crippen LogP contribution in [0.5, 0.6) is 0 Å². The molecule has 0 unspecified atom stereocenters. The van der Waals surface area contributed by atoms with Crippen LogP contribution in [0.2, 0.25) is 0 Å². The first-order valence-corrected chi connectivity index (χ1v) is 16.1. The highest BCUT2D eigenvalue weighted by atomic mass is 16.8. The number of hydrogen-bond donors (Lipinski definition) is 2. The Hall–Kier alpha value is -5.00.